The minimum Gasteiger partial charge on any atom is -0.487 e. The molecule has 114 valence electrons. The molecule has 0 bridgehead atoms. The van der Waals surface area contributed by atoms with Crippen molar-refractivity contribution in [2.24, 2.45) is 0 Å². The zero-order valence-electron chi connectivity index (χ0n) is 12.3. The third-order valence-corrected chi connectivity index (χ3v) is 2.87. The van der Waals surface area contributed by atoms with Crippen molar-refractivity contribution in [3.05, 3.63) is 42.5 Å². The van der Waals surface area contributed by atoms with Crippen molar-refractivity contribution in [1.82, 2.24) is 4.90 Å². The van der Waals surface area contributed by atoms with E-state index >= 15 is 0 Å². The van der Waals surface area contributed by atoms with Gasteiger partial charge >= 0.3 is 0 Å². The molecule has 5 nitrogen and oxygen atoms in total. The molecular formula is C16H22N2O3. The molecule has 1 amide bonds. The summed E-state index contributed by atoms with van der Waals surface area (Å²) in [5.74, 6) is 0.450. The summed E-state index contributed by atoms with van der Waals surface area (Å²) in [5.41, 5.74) is 7.20. The number of nitrogen functional groups attached to an aromatic ring is 1. The predicted molar refractivity (Wildman–Crippen MR) is 84.9 cm³/mol. The van der Waals surface area contributed by atoms with E-state index in [9.17, 15) is 4.79 Å². The highest BCUT2D eigenvalue weighted by Gasteiger charge is 2.07. The fourth-order valence-corrected chi connectivity index (χ4v) is 1.77. The number of anilines is 1. The third kappa shape index (κ3) is 5.31. The summed E-state index contributed by atoms with van der Waals surface area (Å²) in [6.45, 7) is 6.67. The van der Waals surface area contributed by atoms with Crippen LogP contribution in [-0.2, 0) is 4.79 Å². The Hall–Kier alpha value is -2.27. The number of rotatable bonds is 8. The Morgan fingerprint density at radius 3 is 2.86 bits per heavy atom. The summed E-state index contributed by atoms with van der Waals surface area (Å²) >= 11 is 0. The Morgan fingerprint density at radius 1 is 1.52 bits per heavy atom. The number of aliphatic hydroxyl groups is 1. The van der Waals surface area contributed by atoms with Gasteiger partial charge < -0.3 is 20.5 Å². The van der Waals surface area contributed by atoms with Gasteiger partial charge in [0.1, 0.15) is 12.4 Å². The molecule has 21 heavy (non-hydrogen) atoms. The lowest BCUT2D eigenvalue weighted by molar-refractivity contribution is -0.126. The van der Waals surface area contributed by atoms with Crippen LogP contribution in [0.3, 0.4) is 0 Å². The van der Waals surface area contributed by atoms with Gasteiger partial charge in [-0.3, -0.25) is 4.79 Å². The van der Waals surface area contributed by atoms with E-state index in [1.807, 2.05) is 13.0 Å². The molecule has 0 aromatic heterocycles. The Kier molecular flexibility index (Phi) is 7.04. The zero-order valence-corrected chi connectivity index (χ0v) is 12.3. The molecule has 0 unspecified atom stereocenters. The molecule has 1 aromatic rings. The number of carbonyl (C=O) groups is 1. The summed E-state index contributed by atoms with van der Waals surface area (Å²) in [5, 5.41) is 8.88. The van der Waals surface area contributed by atoms with Gasteiger partial charge in [-0.15, -0.1) is 0 Å². The standard InChI is InChI=1S/C16H22N2O3/c1-3-11-21-15-7-5-13(12-14(15)17)6-8-16(20)18(4-2)9-10-19/h3,5-8,12,19H,1,4,9-11,17H2,2H3/b8-6-. The molecule has 0 spiro atoms. The van der Waals surface area contributed by atoms with Gasteiger partial charge in [0.25, 0.3) is 0 Å². The molecular weight excluding hydrogens is 268 g/mol. The fourth-order valence-electron chi connectivity index (χ4n) is 1.77. The lowest BCUT2D eigenvalue weighted by Crippen LogP contribution is -2.31. The van der Waals surface area contributed by atoms with Crippen molar-refractivity contribution in [1.29, 1.82) is 0 Å². The molecule has 1 aromatic carbocycles. The number of nitrogens with two attached hydrogens (primary N) is 1. The van der Waals surface area contributed by atoms with Gasteiger partial charge in [-0.05, 0) is 30.7 Å². The number of hydrogen-bond acceptors (Lipinski definition) is 4. The van der Waals surface area contributed by atoms with Crippen molar-refractivity contribution in [2.75, 3.05) is 32.0 Å². The van der Waals surface area contributed by atoms with Gasteiger partial charge in [-0.25, -0.2) is 0 Å². The monoisotopic (exact) mass is 290 g/mol. The average molecular weight is 290 g/mol. The summed E-state index contributed by atoms with van der Waals surface area (Å²) in [6.07, 6.45) is 4.81. The van der Waals surface area contributed by atoms with Crippen molar-refractivity contribution in [2.45, 2.75) is 6.92 Å². The van der Waals surface area contributed by atoms with Crippen molar-refractivity contribution in [3.63, 3.8) is 0 Å². The highest BCUT2D eigenvalue weighted by atomic mass is 16.5. The number of aliphatic hydroxyl groups excluding tert-OH is 1. The molecule has 0 radical (unpaired) electrons. The summed E-state index contributed by atoms with van der Waals surface area (Å²) in [6, 6.07) is 5.32. The second kappa shape index (κ2) is 8.81. The van der Waals surface area contributed by atoms with Crippen molar-refractivity contribution in [3.8, 4) is 5.75 Å². The maximum Gasteiger partial charge on any atom is 0.246 e. The smallest absolute Gasteiger partial charge is 0.246 e. The van der Waals surface area contributed by atoms with Crippen LogP contribution in [0.25, 0.3) is 6.08 Å². The first kappa shape index (κ1) is 16.8. The highest BCUT2D eigenvalue weighted by Crippen LogP contribution is 2.23. The number of amides is 1. The average Bonchev–Trinajstić information content (AvgIpc) is 2.49. The van der Waals surface area contributed by atoms with Crippen LogP contribution in [0, 0.1) is 0 Å². The van der Waals surface area contributed by atoms with Gasteiger partial charge in [0.15, 0.2) is 0 Å². The summed E-state index contributed by atoms with van der Waals surface area (Å²) < 4.78 is 5.38. The van der Waals surface area contributed by atoms with E-state index in [1.54, 1.807) is 29.2 Å². The molecule has 0 aliphatic rings. The van der Waals surface area contributed by atoms with E-state index in [1.165, 1.54) is 6.08 Å². The van der Waals surface area contributed by atoms with Gasteiger partial charge in [-0.2, -0.15) is 0 Å². The molecule has 1 rings (SSSR count). The minimum atomic E-state index is -0.142. The molecule has 0 heterocycles. The third-order valence-electron chi connectivity index (χ3n) is 2.87. The van der Waals surface area contributed by atoms with E-state index < -0.39 is 0 Å². The van der Waals surface area contributed by atoms with Gasteiger partial charge in [-0.1, -0.05) is 18.7 Å². The Bertz CT molecular complexity index is 512. The Morgan fingerprint density at radius 2 is 2.29 bits per heavy atom. The predicted octanol–water partition coefficient (Wildman–Crippen LogP) is 1.69. The first-order valence-electron chi connectivity index (χ1n) is 6.83. The normalized spacial score (nSPS) is 10.6. The number of likely N-dealkylation sites (N-methyl/N-ethyl adjacent to an activating group) is 1. The number of hydrogen-bond donors (Lipinski definition) is 2. The van der Waals surface area contributed by atoms with Crippen molar-refractivity contribution >= 4 is 17.7 Å². The number of carbonyl (C=O) groups excluding carboxylic acids is 1. The maximum absolute atomic E-state index is 11.9. The summed E-state index contributed by atoms with van der Waals surface area (Å²) in [7, 11) is 0. The van der Waals surface area contributed by atoms with Crippen molar-refractivity contribution < 1.29 is 14.6 Å². The lowest BCUT2D eigenvalue weighted by atomic mass is 10.1. The lowest BCUT2D eigenvalue weighted by Gasteiger charge is -2.17. The van der Waals surface area contributed by atoms with E-state index in [0.717, 1.165) is 5.56 Å². The first-order chi connectivity index (χ1) is 10.1. The molecule has 0 saturated heterocycles. The molecule has 5 heteroatoms. The maximum atomic E-state index is 11.9. The molecule has 0 fully saturated rings. The van der Waals surface area contributed by atoms with E-state index in [0.29, 0.717) is 31.1 Å². The van der Waals surface area contributed by atoms with Gasteiger partial charge in [0.05, 0.1) is 12.3 Å². The topological polar surface area (TPSA) is 75.8 Å². The van der Waals surface area contributed by atoms with Crippen LogP contribution in [0.2, 0.25) is 0 Å². The molecule has 0 atom stereocenters. The quantitative estimate of drug-likeness (QED) is 0.434. The van der Waals surface area contributed by atoms with Crippen LogP contribution < -0.4 is 10.5 Å². The minimum absolute atomic E-state index is 0.0459. The zero-order chi connectivity index (χ0) is 15.7. The van der Waals surface area contributed by atoms with E-state index in [-0.39, 0.29) is 12.5 Å². The van der Waals surface area contributed by atoms with Crippen LogP contribution in [0.5, 0.6) is 5.75 Å². The number of ether oxygens (including phenoxy) is 1. The number of benzene rings is 1. The Balaban J connectivity index is 2.74. The second-order valence-electron chi connectivity index (χ2n) is 4.37. The van der Waals surface area contributed by atoms with Gasteiger partial charge in [0, 0.05) is 19.2 Å². The highest BCUT2D eigenvalue weighted by molar-refractivity contribution is 5.92. The molecule has 3 N–H and O–H groups in total. The van der Waals surface area contributed by atoms with Crippen LogP contribution in [0.15, 0.2) is 36.9 Å². The molecule has 0 aliphatic carbocycles. The largest absolute Gasteiger partial charge is 0.487 e. The Labute approximate surface area is 125 Å². The van der Waals surface area contributed by atoms with Crippen LogP contribution in [0.1, 0.15) is 12.5 Å². The fraction of sp³-hybridized carbons (Fsp3) is 0.312. The van der Waals surface area contributed by atoms with E-state index in [4.69, 9.17) is 15.6 Å². The van der Waals surface area contributed by atoms with Crippen LogP contribution in [0.4, 0.5) is 5.69 Å². The van der Waals surface area contributed by atoms with Crippen LogP contribution >= 0.6 is 0 Å². The first-order valence-corrected chi connectivity index (χ1v) is 6.83. The SMILES string of the molecule is C=CCOc1ccc(/C=C\C(=O)N(CC)CCO)cc1N. The van der Waals surface area contributed by atoms with E-state index in [2.05, 4.69) is 6.58 Å². The van der Waals surface area contributed by atoms with Gasteiger partial charge in [0.2, 0.25) is 5.91 Å². The van der Waals surface area contributed by atoms with Crippen LogP contribution in [-0.4, -0.2) is 42.2 Å². The molecule has 0 saturated carbocycles. The second-order valence-corrected chi connectivity index (χ2v) is 4.37. The number of nitrogens with zero attached hydrogens (tertiary/aromatic N) is 1. The molecule has 0 aliphatic heterocycles. The summed E-state index contributed by atoms with van der Waals surface area (Å²) in [4.78, 5) is 13.4.